The van der Waals surface area contributed by atoms with Gasteiger partial charge in [-0.2, -0.15) is 0 Å². The van der Waals surface area contributed by atoms with E-state index in [1.807, 2.05) is 22.2 Å². The molecule has 0 aromatic heterocycles. The Bertz CT molecular complexity index is 250. The summed E-state index contributed by atoms with van der Waals surface area (Å²) in [5, 5.41) is 19.1. The number of hydrogen-bond acceptors (Lipinski definition) is 4. The zero-order valence-electron chi connectivity index (χ0n) is 11.1. The third-order valence-electron chi connectivity index (χ3n) is 2.77. The first kappa shape index (κ1) is 13.3. The summed E-state index contributed by atoms with van der Waals surface area (Å²) >= 11 is 0. The molecule has 0 atom stereocenters. The fourth-order valence-corrected chi connectivity index (χ4v) is 1.98. The topological polar surface area (TPSA) is 46.9 Å². The summed E-state index contributed by atoms with van der Waals surface area (Å²) in [4.78, 5) is 3.95. The van der Waals surface area contributed by atoms with Crippen LogP contribution in [-0.2, 0) is 0 Å². The molecule has 4 nitrogen and oxygen atoms in total. The molecule has 0 saturated carbocycles. The molecule has 94 valence electrons. The van der Waals surface area contributed by atoms with Crippen molar-refractivity contribution < 1.29 is 10.2 Å². The molecule has 0 radical (unpaired) electrons. The van der Waals surface area contributed by atoms with Crippen LogP contribution < -0.4 is 0 Å². The second-order valence-corrected chi connectivity index (χ2v) is 6.28. The van der Waals surface area contributed by atoms with Gasteiger partial charge in [-0.15, -0.1) is 0 Å². The van der Waals surface area contributed by atoms with Crippen LogP contribution in [0.3, 0.4) is 0 Å². The highest BCUT2D eigenvalue weighted by Gasteiger charge is 2.41. The molecule has 0 fully saturated rings. The fourth-order valence-electron chi connectivity index (χ4n) is 1.98. The number of aliphatic hydroxyl groups is 2. The van der Waals surface area contributed by atoms with Crippen LogP contribution in [0, 0.1) is 0 Å². The van der Waals surface area contributed by atoms with E-state index in [0.717, 1.165) is 0 Å². The highest BCUT2D eigenvalue weighted by Crippen LogP contribution is 2.31. The zero-order valence-corrected chi connectivity index (χ0v) is 11.1. The molecular weight excluding hydrogens is 204 g/mol. The average molecular weight is 228 g/mol. The first-order chi connectivity index (χ1) is 7.05. The van der Waals surface area contributed by atoms with Crippen molar-refractivity contribution in [3.05, 3.63) is 12.4 Å². The Labute approximate surface area is 98.2 Å². The lowest BCUT2D eigenvalue weighted by Gasteiger charge is -2.45. The van der Waals surface area contributed by atoms with Crippen molar-refractivity contribution in [1.82, 2.24) is 9.80 Å². The molecule has 1 aliphatic rings. The summed E-state index contributed by atoms with van der Waals surface area (Å²) in [7, 11) is 0. The van der Waals surface area contributed by atoms with E-state index in [9.17, 15) is 10.2 Å². The molecule has 0 unspecified atom stereocenters. The first-order valence-corrected chi connectivity index (χ1v) is 5.66. The van der Waals surface area contributed by atoms with Gasteiger partial charge in [0.2, 0.25) is 0 Å². The van der Waals surface area contributed by atoms with Crippen LogP contribution in [0.15, 0.2) is 12.4 Å². The van der Waals surface area contributed by atoms with Crippen LogP contribution in [0.5, 0.6) is 0 Å². The van der Waals surface area contributed by atoms with Crippen LogP contribution in [-0.4, -0.2) is 43.5 Å². The third-order valence-corrected chi connectivity index (χ3v) is 2.77. The molecule has 4 heteroatoms. The van der Waals surface area contributed by atoms with E-state index >= 15 is 0 Å². The molecule has 2 N–H and O–H groups in total. The summed E-state index contributed by atoms with van der Waals surface area (Å²) < 4.78 is 0. The van der Waals surface area contributed by atoms with E-state index in [2.05, 4.69) is 41.5 Å². The third kappa shape index (κ3) is 2.50. The summed E-state index contributed by atoms with van der Waals surface area (Å²) in [6.45, 7) is 12.3. The zero-order chi connectivity index (χ0) is 12.7. The first-order valence-electron chi connectivity index (χ1n) is 5.66. The van der Waals surface area contributed by atoms with Gasteiger partial charge in [-0.25, -0.2) is 0 Å². The van der Waals surface area contributed by atoms with Crippen molar-refractivity contribution >= 4 is 0 Å². The van der Waals surface area contributed by atoms with Crippen molar-refractivity contribution in [3.8, 4) is 0 Å². The van der Waals surface area contributed by atoms with Crippen LogP contribution in [0.2, 0.25) is 0 Å². The number of hydrogen-bond donors (Lipinski definition) is 2. The van der Waals surface area contributed by atoms with Crippen molar-refractivity contribution in [1.29, 1.82) is 0 Å². The van der Waals surface area contributed by atoms with Gasteiger partial charge in [0.1, 0.15) is 0 Å². The van der Waals surface area contributed by atoms with E-state index in [1.165, 1.54) is 0 Å². The molecule has 16 heavy (non-hydrogen) atoms. The molecule has 0 saturated heterocycles. The smallest absolute Gasteiger partial charge is 0.191 e. The molecule has 0 spiro atoms. The SMILES string of the molecule is CC(C)(C)N1C=CN(C(C)(C)C)C1C(O)O. The molecular formula is C12H24N2O2. The predicted octanol–water partition coefficient (Wildman–Crippen LogP) is 1.31. The van der Waals surface area contributed by atoms with E-state index in [0.29, 0.717) is 0 Å². The monoisotopic (exact) mass is 228 g/mol. The van der Waals surface area contributed by atoms with Gasteiger partial charge in [-0.1, -0.05) is 0 Å². The van der Waals surface area contributed by atoms with Gasteiger partial charge in [0.25, 0.3) is 0 Å². The maximum absolute atomic E-state index is 9.55. The lowest BCUT2D eigenvalue weighted by Crippen LogP contribution is -2.57. The summed E-state index contributed by atoms with van der Waals surface area (Å²) in [5.41, 5.74) is -0.268. The largest absolute Gasteiger partial charge is 0.365 e. The van der Waals surface area contributed by atoms with E-state index in [-0.39, 0.29) is 11.1 Å². The normalized spacial score (nSPS) is 19.1. The van der Waals surface area contributed by atoms with E-state index < -0.39 is 12.5 Å². The van der Waals surface area contributed by atoms with Gasteiger partial charge in [-0.3, -0.25) is 0 Å². The molecule has 0 amide bonds. The molecule has 1 rings (SSSR count). The highest BCUT2D eigenvalue weighted by atomic mass is 16.5. The second kappa shape index (κ2) is 3.93. The molecule has 0 aliphatic carbocycles. The van der Waals surface area contributed by atoms with E-state index in [4.69, 9.17) is 0 Å². The fraction of sp³-hybridized carbons (Fsp3) is 0.833. The van der Waals surface area contributed by atoms with Gasteiger partial charge in [0.05, 0.1) is 0 Å². The Morgan fingerprint density at radius 3 is 1.38 bits per heavy atom. The minimum absolute atomic E-state index is 0.134. The van der Waals surface area contributed by atoms with Gasteiger partial charge >= 0.3 is 0 Å². The Morgan fingerprint density at radius 1 is 0.875 bits per heavy atom. The number of rotatable bonds is 1. The highest BCUT2D eigenvalue weighted by molar-refractivity contribution is 5.06. The molecule has 1 heterocycles. The quantitative estimate of drug-likeness (QED) is 0.664. The van der Waals surface area contributed by atoms with Crippen molar-refractivity contribution in [2.75, 3.05) is 0 Å². The van der Waals surface area contributed by atoms with Crippen molar-refractivity contribution in [3.63, 3.8) is 0 Å². The number of aliphatic hydroxyl groups excluding tert-OH is 1. The number of nitrogens with zero attached hydrogens (tertiary/aromatic N) is 2. The second-order valence-electron chi connectivity index (χ2n) is 6.28. The Morgan fingerprint density at radius 2 is 1.19 bits per heavy atom. The summed E-state index contributed by atoms with van der Waals surface area (Å²) in [6.07, 6.45) is 2.05. The minimum atomic E-state index is -1.38. The molecule has 0 aromatic carbocycles. The van der Waals surface area contributed by atoms with Crippen molar-refractivity contribution in [2.45, 2.75) is 65.1 Å². The lowest BCUT2D eigenvalue weighted by molar-refractivity contribution is -0.150. The summed E-state index contributed by atoms with van der Waals surface area (Å²) in [5.74, 6) is 0. The van der Waals surface area contributed by atoms with E-state index in [1.54, 1.807) is 0 Å². The lowest BCUT2D eigenvalue weighted by atomic mass is 10.0. The standard InChI is InChI=1S/C12H24N2O2/c1-11(2,3)13-7-8-14(12(4,5)6)9(13)10(15)16/h7-10,15-16H,1-6H3. The molecule has 0 aromatic rings. The van der Waals surface area contributed by atoms with Crippen LogP contribution in [0.25, 0.3) is 0 Å². The van der Waals surface area contributed by atoms with Gasteiger partial charge in [0, 0.05) is 23.5 Å². The van der Waals surface area contributed by atoms with Crippen LogP contribution in [0.1, 0.15) is 41.5 Å². The van der Waals surface area contributed by atoms with Crippen molar-refractivity contribution in [2.24, 2.45) is 0 Å². The van der Waals surface area contributed by atoms with Crippen LogP contribution >= 0.6 is 0 Å². The molecule has 1 aliphatic heterocycles. The Balaban J connectivity index is 2.99. The van der Waals surface area contributed by atoms with Crippen LogP contribution in [0.4, 0.5) is 0 Å². The maximum Gasteiger partial charge on any atom is 0.191 e. The predicted molar refractivity (Wildman–Crippen MR) is 64.3 cm³/mol. The van der Waals surface area contributed by atoms with Gasteiger partial charge in [0.15, 0.2) is 12.5 Å². The molecule has 0 bridgehead atoms. The minimum Gasteiger partial charge on any atom is -0.365 e. The Kier molecular flexibility index (Phi) is 3.27. The average Bonchev–Trinajstić information content (AvgIpc) is 2.43. The van der Waals surface area contributed by atoms with Gasteiger partial charge in [-0.05, 0) is 41.5 Å². The van der Waals surface area contributed by atoms with Gasteiger partial charge < -0.3 is 20.0 Å². The summed E-state index contributed by atoms with van der Waals surface area (Å²) in [6, 6.07) is 0. The maximum atomic E-state index is 9.55. The Hall–Kier alpha value is -0.740.